The van der Waals surface area contributed by atoms with Crippen LogP contribution in [-0.2, 0) is 20.8 Å². The maximum atomic E-state index is 11.9. The van der Waals surface area contributed by atoms with Gasteiger partial charge in [0.05, 0.1) is 6.42 Å². The molecule has 0 saturated carbocycles. The number of carbonyl (C=O) groups is 3. The van der Waals surface area contributed by atoms with Gasteiger partial charge < -0.3 is 15.3 Å². The maximum absolute atomic E-state index is 11.9. The number of nitrogens with one attached hydrogen (secondary N) is 1. The Kier molecular flexibility index (Phi) is 5.67. The van der Waals surface area contributed by atoms with E-state index in [1.54, 1.807) is 24.3 Å². The van der Waals surface area contributed by atoms with Gasteiger partial charge in [-0.05, 0) is 24.1 Å². The summed E-state index contributed by atoms with van der Waals surface area (Å²) >= 11 is 0. The lowest BCUT2D eigenvalue weighted by atomic mass is 10.1. The first-order chi connectivity index (χ1) is 9.47. The molecule has 1 atom stereocenters. The van der Waals surface area contributed by atoms with E-state index in [0.717, 1.165) is 12.0 Å². The second kappa shape index (κ2) is 7.25. The van der Waals surface area contributed by atoms with Gasteiger partial charge >= 0.3 is 11.9 Å². The van der Waals surface area contributed by atoms with Gasteiger partial charge in [-0.2, -0.15) is 5.90 Å². The lowest BCUT2D eigenvalue weighted by molar-refractivity contribution is -0.150. The van der Waals surface area contributed by atoms with E-state index in [9.17, 15) is 14.4 Å². The van der Waals surface area contributed by atoms with Crippen molar-refractivity contribution in [2.24, 2.45) is 5.90 Å². The minimum Gasteiger partial charge on any atom is -0.481 e. The van der Waals surface area contributed by atoms with Gasteiger partial charge in [-0.3, -0.25) is 9.59 Å². The van der Waals surface area contributed by atoms with E-state index in [1.165, 1.54) is 0 Å². The van der Waals surface area contributed by atoms with Gasteiger partial charge in [0.1, 0.15) is 6.04 Å². The molecule has 4 N–H and O–H groups in total. The van der Waals surface area contributed by atoms with E-state index in [0.29, 0.717) is 5.56 Å². The molecule has 7 heteroatoms. The van der Waals surface area contributed by atoms with E-state index >= 15 is 0 Å². The van der Waals surface area contributed by atoms with E-state index in [4.69, 9.17) is 11.0 Å². The van der Waals surface area contributed by atoms with E-state index in [1.807, 2.05) is 6.92 Å². The molecular weight excluding hydrogens is 264 g/mol. The lowest BCUT2D eigenvalue weighted by Gasteiger charge is -2.14. The second-order valence-corrected chi connectivity index (χ2v) is 4.11. The number of benzene rings is 1. The monoisotopic (exact) mass is 280 g/mol. The van der Waals surface area contributed by atoms with Gasteiger partial charge in [0.2, 0.25) is 0 Å². The number of nitrogens with two attached hydrogens (primary N) is 1. The predicted molar refractivity (Wildman–Crippen MR) is 69.6 cm³/mol. The van der Waals surface area contributed by atoms with Gasteiger partial charge in [0, 0.05) is 5.56 Å². The van der Waals surface area contributed by atoms with Gasteiger partial charge in [-0.15, -0.1) is 0 Å². The molecule has 0 heterocycles. The summed E-state index contributed by atoms with van der Waals surface area (Å²) in [5.74, 6) is 1.89. The zero-order valence-corrected chi connectivity index (χ0v) is 11.0. The molecule has 0 aliphatic heterocycles. The number of hydrogen-bond donors (Lipinski definition) is 3. The van der Waals surface area contributed by atoms with Crippen molar-refractivity contribution in [3.05, 3.63) is 35.4 Å². The Morgan fingerprint density at radius 2 is 1.90 bits per heavy atom. The normalized spacial score (nSPS) is 11.5. The van der Waals surface area contributed by atoms with Gasteiger partial charge in [0.15, 0.2) is 0 Å². The van der Waals surface area contributed by atoms with Crippen LogP contribution in [0.15, 0.2) is 24.3 Å². The van der Waals surface area contributed by atoms with Crippen LogP contribution in [0, 0.1) is 0 Å². The van der Waals surface area contributed by atoms with Crippen LogP contribution in [-0.4, -0.2) is 29.0 Å². The van der Waals surface area contributed by atoms with Crippen LogP contribution >= 0.6 is 0 Å². The Morgan fingerprint density at radius 1 is 1.30 bits per heavy atom. The molecule has 1 rings (SSSR count). The minimum atomic E-state index is -1.32. The average molecular weight is 280 g/mol. The maximum Gasteiger partial charge on any atom is 0.347 e. The van der Waals surface area contributed by atoms with Crippen molar-refractivity contribution in [1.82, 2.24) is 5.32 Å². The van der Waals surface area contributed by atoms with Crippen molar-refractivity contribution in [1.29, 1.82) is 0 Å². The molecular formula is C13H16N2O5. The highest BCUT2D eigenvalue weighted by Crippen LogP contribution is 2.06. The molecule has 1 unspecified atom stereocenters. The zero-order valence-electron chi connectivity index (χ0n) is 11.0. The van der Waals surface area contributed by atoms with Crippen LogP contribution in [0.5, 0.6) is 0 Å². The van der Waals surface area contributed by atoms with Crippen molar-refractivity contribution in [3.8, 4) is 0 Å². The summed E-state index contributed by atoms with van der Waals surface area (Å²) in [5.41, 5.74) is 1.38. The Labute approximate surface area is 115 Å². The number of amides is 1. The Morgan fingerprint density at radius 3 is 2.35 bits per heavy atom. The van der Waals surface area contributed by atoms with E-state index in [-0.39, 0.29) is 0 Å². The lowest BCUT2D eigenvalue weighted by Crippen LogP contribution is -2.44. The molecule has 0 aromatic heterocycles. The van der Waals surface area contributed by atoms with Crippen molar-refractivity contribution < 1.29 is 24.3 Å². The van der Waals surface area contributed by atoms with Gasteiger partial charge in [0.25, 0.3) is 5.91 Å². The average Bonchev–Trinajstić information content (AvgIpc) is 2.45. The third-order valence-corrected chi connectivity index (χ3v) is 2.71. The number of aryl methyl sites for hydroxylation is 1. The van der Waals surface area contributed by atoms with Gasteiger partial charge in [-0.25, -0.2) is 4.79 Å². The number of aliphatic carboxylic acids is 1. The van der Waals surface area contributed by atoms with Crippen molar-refractivity contribution in [2.45, 2.75) is 25.8 Å². The third-order valence-electron chi connectivity index (χ3n) is 2.71. The summed E-state index contributed by atoms with van der Waals surface area (Å²) < 4.78 is 0. The Bertz CT molecular complexity index is 498. The summed E-state index contributed by atoms with van der Waals surface area (Å²) in [4.78, 5) is 37.8. The number of hydrogen-bond acceptors (Lipinski definition) is 5. The zero-order chi connectivity index (χ0) is 15.1. The van der Waals surface area contributed by atoms with Crippen LogP contribution in [0.25, 0.3) is 0 Å². The molecule has 0 radical (unpaired) electrons. The molecule has 0 saturated heterocycles. The molecule has 0 spiro atoms. The fourth-order valence-electron chi connectivity index (χ4n) is 1.58. The summed E-state index contributed by atoms with van der Waals surface area (Å²) in [6.07, 6.45) is 0.234. The second-order valence-electron chi connectivity index (χ2n) is 4.11. The molecule has 0 fully saturated rings. The van der Waals surface area contributed by atoms with Crippen LogP contribution in [0.3, 0.4) is 0 Å². The SMILES string of the molecule is CCc1ccc(C(=O)NC(CC(=O)O)C(=O)ON)cc1. The molecule has 0 aliphatic rings. The number of rotatable bonds is 6. The standard InChI is InChI=1S/C13H16N2O5/c1-2-8-3-5-9(6-4-8)12(18)15-10(7-11(16)17)13(19)20-14/h3-6,10H,2,7,14H2,1H3,(H,15,18)(H,16,17). The molecule has 1 aromatic carbocycles. The quantitative estimate of drug-likeness (QED) is 0.642. The molecule has 7 nitrogen and oxygen atoms in total. The number of carbonyl (C=O) groups excluding carboxylic acids is 2. The number of carboxylic acids is 1. The van der Waals surface area contributed by atoms with Crippen molar-refractivity contribution in [2.75, 3.05) is 0 Å². The predicted octanol–water partition coefficient (Wildman–Crippen LogP) is 0.239. The van der Waals surface area contributed by atoms with Crippen molar-refractivity contribution >= 4 is 17.8 Å². The Hall–Kier alpha value is -2.41. The summed E-state index contributed by atoms with van der Waals surface area (Å²) in [6, 6.07) is 5.43. The van der Waals surface area contributed by atoms with E-state index in [2.05, 4.69) is 10.2 Å². The third kappa shape index (κ3) is 4.36. The molecule has 108 valence electrons. The highest BCUT2D eigenvalue weighted by Gasteiger charge is 2.25. The minimum absolute atomic E-state index is 0.322. The largest absolute Gasteiger partial charge is 0.481 e. The molecule has 0 aliphatic carbocycles. The molecule has 0 bridgehead atoms. The fourth-order valence-corrected chi connectivity index (χ4v) is 1.58. The number of carboxylic acid groups (broad SMARTS) is 1. The molecule has 1 aromatic rings. The first kappa shape index (κ1) is 15.6. The fraction of sp³-hybridized carbons (Fsp3) is 0.308. The van der Waals surface area contributed by atoms with Gasteiger partial charge in [-0.1, -0.05) is 19.1 Å². The smallest absolute Gasteiger partial charge is 0.347 e. The Balaban J connectivity index is 2.78. The summed E-state index contributed by atoms with van der Waals surface area (Å²) in [5, 5.41) is 11.0. The highest BCUT2D eigenvalue weighted by atomic mass is 16.7. The highest BCUT2D eigenvalue weighted by molar-refractivity contribution is 5.97. The van der Waals surface area contributed by atoms with E-state index < -0.39 is 30.3 Å². The molecule has 1 amide bonds. The van der Waals surface area contributed by atoms with Crippen LogP contribution in [0.2, 0.25) is 0 Å². The summed E-state index contributed by atoms with van der Waals surface area (Å²) in [7, 11) is 0. The first-order valence-corrected chi connectivity index (χ1v) is 6.00. The van der Waals surface area contributed by atoms with Crippen LogP contribution in [0.1, 0.15) is 29.3 Å². The summed E-state index contributed by atoms with van der Waals surface area (Å²) in [6.45, 7) is 1.98. The first-order valence-electron chi connectivity index (χ1n) is 6.00. The topological polar surface area (TPSA) is 119 Å². The molecule has 20 heavy (non-hydrogen) atoms. The van der Waals surface area contributed by atoms with Crippen LogP contribution in [0.4, 0.5) is 0 Å². The van der Waals surface area contributed by atoms with Crippen LogP contribution < -0.4 is 11.2 Å². The van der Waals surface area contributed by atoms with Crippen molar-refractivity contribution in [3.63, 3.8) is 0 Å².